The van der Waals surface area contributed by atoms with Crippen molar-refractivity contribution in [1.82, 2.24) is 10.2 Å². The number of nitrogens with one attached hydrogen (secondary N) is 1. The van der Waals surface area contributed by atoms with Gasteiger partial charge in [0.15, 0.2) is 0 Å². The molecule has 0 aromatic heterocycles. The molecule has 2 rings (SSSR count). The standard InChI is InChI=1S/C16H28N2O2/c1-14(19)17-11-6-7-15(20)18-12-10-16(13-18)8-4-2-3-5-9-16/h2-13H2,1H3,(H,17,19). The summed E-state index contributed by atoms with van der Waals surface area (Å²) in [5.41, 5.74) is 0.434. The van der Waals surface area contributed by atoms with Gasteiger partial charge in [-0.15, -0.1) is 0 Å². The van der Waals surface area contributed by atoms with Gasteiger partial charge in [-0.25, -0.2) is 0 Å². The van der Waals surface area contributed by atoms with Gasteiger partial charge in [0.1, 0.15) is 0 Å². The Morgan fingerprint density at radius 3 is 2.45 bits per heavy atom. The molecule has 0 unspecified atom stereocenters. The Morgan fingerprint density at radius 2 is 1.80 bits per heavy atom. The Balaban J connectivity index is 1.73. The highest BCUT2D eigenvalue weighted by atomic mass is 16.2. The molecule has 0 atom stereocenters. The smallest absolute Gasteiger partial charge is 0.222 e. The molecule has 2 amide bonds. The average molecular weight is 280 g/mol. The highest BCUT2D eigenvalue weighted by Gasteiger charge is 2.39. The number of amides is 2. The maximum absolute atomic E-state index is 12.2. The third kappa shape index (κ3) is 4.22. The van der Waals surface area contributed by atoms with Crippen molar-refractivity contribution in [2.75, 3.05) is 19.6 Å². The largest absolute Gasteiger partial charge is 0.356 e. The van der Waals surface area contributed by atoms with E-state index in [0.717, 1.165) is 19.5 Å². The van der Waals surface area contributed by atoms with Crippen LogP contribution in [0.1, 0.15) is 64.7 Å². The second-order valence-corrected chi connectivity index (χ2v) is 6.57. The van der Waals surface area contributed by atoms with Crippen molar-refractivity contribution in [2.45, 2.75) is 64.7 Å². The lowest BCUT2D eigenvalue weighted by Gasteiger charge is -2.27. The van der Waals surface area contributed by atoms with Crippen LogP contribution in [0.25, 0.3) is 0 Å². The number of hydrogen-bond donors (Lipinski definition) is 1. The first-order valence-corrected chi connectivity index (χ1v) is 8.14. The van der Waals surface area contributed by atoms with Gasteiger partial charge in [-0.1, -0.05) is 25.7 Å². The van der Waals surface area contributed by atoms with E-state index in [-0.39, 0.29) is 11.8 Å². The van der Waals surface area contributed by atoms with Gasteiger partial charge in [-0.2, -0.15) is 0 Å². The molecule has 2 fully saturated rings. The van der Waals surface area contributed by atoms with Crippen LogP contribution in [0, 0.1) is 5.41 Å². The first-order valence-electron chi connectivity index (χ1n) is 8.14. The van der Waals surface area contributed by atoms with Gasteiger partial charge in [0.05, 0.1) is 0 Å². The van der Waals surface area contributed by atoms with Crippen molar-refractivity contribution < 1.29 is 9.59 Å². The highest BCUT2D eigenvalue weighted by Crippen LogP contribution is 2.42. The molecule has 4 heteroatoms. The van der Waals surface area contributed by atoms with Crippen LogP contribution in [-0.2, 0) is 9.59 Å². The molecule has 0 bridgehead atoms. The molecule has 1 saturated carbocycles. The number of rotatable bonds is 4. The molecule has 0 aromatic rings. The molecule has 0 radical (unpaired) electrons. The fraction of sp³-hybridized carbons (Fsp3) is 0.875. The summed E-state index contributed by atoms with van der Waals surface area (Å²) in [6, 6.07) is 0. The minimum absolute atomic E-state index is 0.0176. The molecule has 1 aliphatic carbocycles. The Kier molecular flexibility index (Phi) is 5.44. The van der Waals surface area contributed by atoms with E-state index < -0.39 is 0 Å². The molecule has 1 heterocycles. The first-order chi connectivity index (χ1) is 9.61. The fourth-order valence-corrected chi connectivity index (χ4v) is 3.70. The lowest BCUT2D eigenvalue weighted by atomic mass is 9.80. The summed E-state index contributed by atoms with van der Waals surface area (Å²) in [6.07, 6.45) is 10.5. The maximum Gasteiger partial charge on any atom is 0.222 e. The Hall–Kier alpha value is -1.06. The van der Waals surface area contributed by atoms with Gasteiger partial charge in [0.25, 0.3) is 0 Å². The Bertz CT molecular complexity index is 346. The van der Waals surface area contributed by atoms with Crippen molar-refractivity contribution in [3.05, 3.63) is 0 Å². The third-order valence-electron chi connectivity index (χ3n) is 4.90. The molecule has 20 heavy (non-hydrogen) atoms. The number of carbonyl (C=O) groups is 2. The predicted octanol–water partition coefficient (Wildman–Crippen LogP) is 2.48. The number of nitrogens with zero attached hydrogens (tertiary/aromatic N) is 1. The molecular weight excluding hydrogens is 252 g/mol. The van der Waals surface area contributed by atoms with Crippen LogP contribution >= 0.6 is 0 Å². The van der Waals surface area contributed by atoms with Gasteiger partial charge >= 0.3 is 0 Å². The van der Waals surface area contributed by atoms with Crippen LogP contribution in [0.15, 0.2) is 0 Å². The molecule has 1 spiro atoms. The predicted molar refractivity (Wildman–Crippen MR) is 79.2 cm³/mol. The van der Waals surface area contributed by atoms with E-state index in [1.165, 1.54) is 51.9 Å². The van der Waals surface area contributed by atoms with Crippen LogP contribution in [-0.4, -0.2) is 36.3 Å². The number of hydrogen-bond acceptors (Lipinski definition) is 2. The average Bonchev–Trinajstić information content (AvgIpc) is 2.68. The monoisotopic (exact) mass is 280 g/mol. The van der Waals surface area contributed by atoms with Crippen LogP contribution in [0.5, 0.6) is 0 Å². The summed E-state index contributed by atoms with van der Waals surface area (Å²) in [5, 5.41) is 2.75. The Morgan fingerprint density at radius 1 is 1.10 bits per heavy atom. The van der Waals surface area contributed by atoms with E-state index in [4.69, 9.17) is 0 Å². The second kappa shape index (κ2) is 7.09. The van der Waals surface area contributed by atoms with E-state index in [1.54, 1.807) is 0 Å². The zero-order valence-electron chi connectivity index (χ0n) is 12.7. The molecular formula is C16H28N2O2. The van der Waals surface area contributed by atoms with E-state index in [9.17, 15) is 9.59 Å². The maximum atomic E-state index is 12.2. The molecule has 1 saturated heterocycles. The van der Waals surface area contributed by atoms with Crippen molar-refractivity contribution in [3.8, 4) is 0 Å². The summed E-state index contributed by atoms with van der Waals surface area (Å²) in [5.74, 6) is 0.257. The Labute approximate surface area is 122 Å². The second-order valence-electron chi connectivity index (χ2n) is 6.57. The van der Waals surface area contributed by atoms with Crippen molar-refractivity contribution in [2.24, 2.45) is 5.41 Å². The van der Waals surface area contributed by atoms with Crippen LogP contribution in [0.4, 0.5) is 0 Å². The van der Waals surface area contributed by atoms with Gasteiger partial charge in [-0.3, -0.25) is 9.59 Å². The minimum atomic E-state index is -0.0176. The van der Waals surface area contributed by atoms with Crippen LogP contribution < -0.4 is 5.32 Å². The third-order valence-corrected chi connectivity index (χ3v) is 4.90. The van der Waals surface area contributed by atoms with Crippen LogP contribution in [0.3, 0.4) is 0 Å². The van der Waals surface area contributed by atoms with Gasteiger partial charge in [-0.05, 0) is 31.1 Å². The normalized spacial score (nSPS) is 21.8. The van der Waals surface area contributed by atoms with Crippen LogP contribution in [0.2, 0.25) is 0 Å². The van der Waals surface area contributed by atoms with E-state index >= 15 is 0 Å². The SMILES string of the molecule is CC(=O)NCCCC(=O)N1CCC2(CCCCCC2)C1. The molecule has 1 N–H and O–H groups in total. The number of carbonyl (C=O) groups excluding carboxylic acids is 2. The molecule has 114 valence electrons. The van der Waals surface area contributed by atoms with Gasteiger partial charge in [0, 0.05) is 33.0 Å². The molecule has 0 aromatic carbocycles. The molecule has 1 aliphatic heterocycles. The molecule has 2 aliphatic rings. The number of likely N-dealkylation sites (tertiary alicyclic amines) is 1. The van der Waals surface area contributed by atoms with Crippen molar-refractivity contribution in [3.63, 3.8) is 0 Å². The summed E-state index contributed by atoms with van der Waals surface area (Å²) < 4.78 is 0. The quantitative estimate of drug-likeness (QED) is 0.804. The fourth-order valence-electron chi connectivity index (χ4n) is 3.70. The summed E-state index contributed by atoms with van der Waals surface area (Å²) in [7, 11) is 0. The molecule has 4 nitrogen and oxygen atoms in total. The van der Waals surface area contributed by atoms with Gasteiger partial charge < -0.3 is 10.2 Å². The zero-order valence-corrected chi connectivity index (χ0v) is 12.7. The lowest BCUT2D eigenvalue weighted by molar-refractivity contribution is -0.131. The zero-order chi connectivity index (χ0) is 14.4. The topological polar surface area (TPSA) is 49.4 Å². The van der Waals surface area contributed by atoms with E-state index in [2.05, 4.69) is 10.2 Å². The summed E-state index contributed by atoms with van der Waals surface area (Å²) in [6.45, 7) is 4.04. The summed E-state index contributed by atoms with van der Waals surface area (Å²) in [4.78, 5) is 25.1. The minimum Gasteiger partial charge on any atom is -0.356 e. The van der Waals surface area contributed by atoms with E-state index in [1.807, 2.05) is 0 Å². The first kappa shape index (κ1) is 15.3. The summed E-state index contributed by atoms with van der Waals surface area (Å²) >= 11 is 0. The van der Waals surface area contributed by atoms with E-state index in [0.29, 0.717) is 18.4 Å². The van der Waals surface area contributed by atoms with Gasteiger partial charge in [0.2, 0.25) is 11.8 Å². The van der Waals surface area contributed by atoms with Crippen molar-refractivity contribution in [1.29, 1.82) is 0 Å². The lowest BCUT2D eigenvalue weighted by Crippen LogP contribution is -2.32. The van der Waals surface area contributed by atoms with Crippen molar-refractivity contribution >= 4 is 11.8 Å². The highest BCUT2D eigenvalue weighted by molar-refractivity contribution is 5.76.